The quantitative estimate of drug-likeness (QED) is 0.456. The lowest BCUT2D eigenvalue weighted by atomic mass is 10.1. The van der Waals surface area contributed by atoms with E-state index in [0.29, 0.717) is 15.8 Å². The Bertz CT molecular complexity index is 961. The SMILES string of the molecule is COc1ccc(/C=C2\C(=O)NC(=S)N(c3cccc(F)c3)C2=O)cc1Br. The van der Waals surface area contributed by atoms with Crippen LogP contribution in [-0.2, 0) is 9.59 Å². The topological polar surface area (TPSA) is 58.6 Å². The first-order chi connectivity index (χ1) is 12.4. The van der Waals surface area contributed by atoms with Gasteiger partial charge in [0.25, 0.3) is 11.8 Å². The van der Waals surface area contributed by atoms with E-state index in [1.165, 1.54) is 37.5 Å². The summed E-state index contributed by atoms with van der Waals surface area (Å²) >= 11 is 8.43. The van der Waals surface area contributed by atoms with Gasteiger partial charge in [-0.05, 0) is 70.1 Å². The minimum absolute atomic E-state index is 0.0985. The van der Waals surface area contributed by atoms with Gasteiger partial charge in [-0.3, -0.25) is 19.8 Å². The fraction of sp³-hybridized carbons (Fsp3) is 0.0556. The number of ether oxygens (including phenoxy) is 1. The summed E-state index contributed by atoms with van der Waals surface area (Å²) in [5.41, 5.74) is 0.741. The van der Waals surface area contributed by atoms with Crippen molar-refractivity contribution >= 4 is 56.8 Å². The minimum Gasteiger partial charge on any atom is -0.496 e. The molecule has 8 heteroatoms. The zero-order valence-corrected chi connectivity index (χ0v) is 15.9. The molecule has 26 heavy (non-hydrogen) atoms. The van der Waals surface area contributed by atoms with Crippen molar-refractivity contribution in [1.29, 1.82) is 0 Å². The standard InChI is InChI=1S/C18H12BrFN2O3S/c1-25-15-6-5-10(8-14(15)19)7-13-16(23)21-18(26)22(17(13)24)12-4-2-3-11(20)9-12/h2-9H,1H3,(H,21,23,26)/b13-7+. The summed E-state index contributed by atoms with van der Waals surface area (Å²) < 4.78 is 19.3. The number of amides is 2. The van der Waals surface area contributed by atoms with E-state index in [9.17, 15) is 14.0 Å². The van der Waals surface area contributed by atoms with E-state index in [4.69, 9.17) is 17.0 Å². The van der Waals surface area contributed by atoms with Gasteiger partial charge >= 0.3 is 0 Å². The summed E-state index contributed by atoms with van der Waals surface area (Å²) in [7, 11) is 1.54. The number of hydrogen-bond acceptors (Lipinski definition) is 4. The van der Waals surface area contributed by atoms with Gasteiger partial charge in [0.1, 0.15) is 17.1 Å². The zero-order chi connectivity index (χ0) is 18.8. The van der Waals surface area contributed by atoms with Crippen LogP contribution in [0.15, 0.2) is 52.5 Å². The van der Waals surface area contributed by atoms with E-state index in [-0.39, 0.29) is 16.4 Å². The molecule has 2 amide bonds. The van der Waals surface area contributed by atoms with Crippen molar-refractivity contribution in [3.63, 3.8) is 0 Å². The average Bonchev–Trinajstić information content (AvgIpc) is 2.58. The van der Waals surface area contributed by atoms with Gasteiger partial charge in [-0.2, -0.15) is 0 Å². The third-order valence-electron chi connectivity index (χ3n) is 3.65. The number of carbonyl (C=O) groups excluding carboxylic acids is 2. The lowest BCUT2D eigenvalue weighted by Crippen LogP contribution is -2.54. The van der Waals surface area contributed by atoms with Crippen LogP contribution in [0.25, 0.3) is 6.08 Å². The Morgan fingerprint density at radius 1 is 1.23 bits per heavy atom. The molecule has 0 bridgehead atoms. The van der Waals surface area contributed by atoms with Crippen LogP contribution >= 0.6 is 28.1 Å². The molecule has 0 atom stereocenters. The van der Waals surface area contributed by atoms with Gasteiger partial charge in [0.15, 0.2) is 5.11 Å². The van der Waals surface area contributed by atoms with Gasteiger partial charge in [0, 0.05) is 0 Å². The largest absolute Gasteiger partial charge is 0.496 e. The first-order valence-electron chi connectivity index (χ1n) is 7.41. The first kappa shape index (κ1) is 18.2. The van der Waals surface area contributed by atoms with Gasteiger partial charge < -0.3 is 4.74 Å². The molecule has 0 spiro atoms. The molecule has 2 aromatic rings. The van der Waals surface area contributed by atoms with Crippen LogP contribution in [0.1, 0.15) is 5.56 Å². The number of methoxy groups -OCH3 is 1. The predicted octanol–water partition coefficient (Wildman–Crippen LogP) is 3.43. The molecule has 0 unspecified atom stereocenters. The molecule has 1 fully saturated rings. The van der Waals surface area contributed by atoms with Crippen LogP contribution in [0, 0.1) is 5.82 Å². The summed E-state index contributed by atoms with van der Waals surface area (Å²) in [6.07, 6.45) is 1.44. The van der Waals surface area contributed by atoms with Gasteiger partial charge in [-0.25, -0.2) is 4.39 Å². The van der Waals surface area contributed by atoms with Gasteiger partial charge in [-0.1, -0.05) is 12.1 Å². The summed E-state index contributed by atoms with van der Waals surface area (Å²) in [4.78, 5) is 26.2. The Kier molecular flexibility index (Phi) is 5.15. The molecule has 1 aliphatic rings. The van der Waals surface area contributed by atoms with Crippen molar-refractivity contribution in [3.05, 3.63) is 63.9 Å². The summed E-state index contributed by atoms with van der Waals surface area (Å²) in [6, 6.07) is 10.5. The highest BCUT2D eigenvalue weighted by molar-refractivity contribution is 9.10. The molecule has 5 nitrogen and oxygen atoms in total. The Labute approximate surface area is 162 Å². The smallest absolute Gasteiger partial charge is 0.270 e. The Morgan fingerprint density at radius 3 is 2.65 bits per heavy atom. The van der Waals surface area contributed by atoms with Crippen molar-refractivity contribution in [3.8, 4) is 5.75 Å². The van der Waals surface area contributed by atoms with Gasteiger partial charge in [0.05, 0.1) is 17.3 Å². The maximum absolute atomic E-state index is 13.5. The van der Waals surface area contributed by atoms with Crippen molar-refractivity contribution in [2.45, 2.75) is 0 Å². The van der Waals surface area contributed by atoms with Gasteiger partial charge in [-0.15, -0.1) is 0 Å². The van der Waals surface area contributed by atoms with Crippen LogP contribution in [0.3, 0.4) is 0 Å². The Morgan fingerprint density at radius 2 is 2.00 bits per heavy atom. The number of benzene rings is 2. The number of hydrogen-bond donors (Lipinski definition) is 1. The fourth-order valence-electron chi connectivity index (χ4n) is 2.45. The molecular formula is C18H12BrFN2O3S. The normalized spacial score (nSPS) is 16.0. The fourth-order valence-corrected chi connectivity index (χ4v) is 3.29. The van der Waals surface area contributed by atoms with Crippen LogP contribution in [-0.4, -0.2) is 24.0 Å². The highest BCUT2D eigenvalue weighted by atomic mass is 79.9. The number of nitrogens with zero attached hydrogens (tertiary/aromatic N) is 1. The van der Waals surface area contributed by atoms with Crippen molar-refractivity contribution in [2.75, 3.05) is 12.0 Å². The third kappa shape index (κ3) is 3.51. The maximum Gasteiger partial charge on any atom is 0.270 e. The minimum atomic E-state index is -0.628. The second-order valence-electron chi connectivity index (χ2n) is 5.33. The second-order valence-corrected chi connectivity index (χ2v) is 6.57. The van der Waals surface area contributed by atoms with E-state index in [1.807, 2.05) is 0 Å². The summed E-state index contributed by atoms with van der Waals surface area (Å²) in [5.74, 6) is -1.13. The molecule has 1 saturated heterocycles. The number of rotatable bonds is 3. The first-order valence-corrected chi connectivity index (χ1v) is 8.61. The van der Waals surface area contributed by atoms with E-state index in [1.54, 1.807) is 18.2 Å². The highest BCUT2D eigenvalue weighted by Crippen LogP contribution is 2.28. The lowest BCUT2D eigenvalue weighted by molar-refractivity contribution is -0.122. The van der Waals surface area contributed by atoms with Crippen LogP contribution < -0.4 is 15.0 Å². The molecule has 0 aliphatic carbocycles. The van der Waals surface area contributed by atoms with Crippen LogP contribution in [0.4, 0.5) is 10.1 Å². The summed E-state index contributed by atoms with van der Waals surface area (Å²) in [5, 5.41) is 2.36. The molecule has 1 N–H and O–H groups in total. The number of anilines is 1. The van der Waals surface area contributed by atoms with Crippen LogP contribution in [0.2, 0.25) is 0 Å². The molecule has 1 aliphatic heterocycles. The van der Waals surface area contributed by atoms with Gasteiger partial charge in [0.2, 0.25) is 0 Å². The lowest BCUT2D eigenvalue weighted by Gasteiger charge is -2.28. The third-order valence-corrected chi connectivity index (χ3v) is 4.56. The zero-order valence-electron chi connectivity index (χ0n) is 13.5. The number of nitrogens with one attached hydrogen (secondary N) is 1. The number of carbonyl (C=O) groups is 2. The van der Waals surface area contributed by atoms with E-state index in [2.05, 4.69) is 21.2 Å². The van der Waals surface area contributed by atoms with E-state index < -0.39 is 17.6 Å². The molecular weight excluding hydrogens is 423 g/mol. The Balaban J connectivity index is 2.01. The number of halogens is 2. The van der Waals surface area contributed by atoms with Crippen molar-refractivity contribution in [1.82, 2.24) is 5.32 Å². The van der Waals surface area contributed by atoms with Crippen LogP contribution in [0.5, 0.6) is 5.75 Å². The molecule has 0 saturated carbocycles. The van der Waals surface area contributed by atoms with Crippen molar-refractivity contribution in [2.24, 2.45) is 0 Å². The molecule has 1 heterocycles. The molecule has 0 radical (unpaired) electrons. The summed E-state index contributed by atoms with van der Waals surface area (Å²) in [6.45, 7) is 0. The highest BCUT2D eigenvalue weighted by Gasteiger charge is 2.34. The average molecular weight is 435 g/mol. The maximum atomic E-state index is 13.5. The van der Waals surface area contributed by atoms with E-state index in [0.717, 1.165) is 4.90 Å². The molecule has 0 aromatic heterocycles. The molecule has 132 valence electrons. The van der Waals surface area contributed by atoms with Crippen molar-refractivity contribution < 1.29 is 18.7 Å². The monoisotopic (exact) mass is 434 g/mol. The molecule has 3 rings (SSSR count). The Hall–Kier alpha value is -2.58. The predicted molar refractivity (Wildman–Crippen MR) is 103 cm³/mol. The molecule has 2 aromatic carbocycles. The van der Waals surface area contributed by atoms with E-state index >= 15 is 0 Å². The number of thiocarbonyl (C=S) groups is 1. The second kappa shape index (κ2) is 7.35.